The maximum absolute atomic E-state index is 13.1. The quantitative estimate of drug-likeness (QED) is 0.933. The van der Waals surface area contributed by atoms with E-state index in [4.69, 9.17) is 9.73 Å². The number of nitrogens with zero attached hydrogens (tertiary/aromatic N) is 1. The van der Waals surface area contributed by atoms with Crippen LogP contribution in [0.15, 0.2) is 59.6 Å². The molecule has 2 aromatic rings. The summed E-state index contributed by atoms with van der Waals surface area (Å²) in [7, 11) is 0. The van der Waals surface area contributed by atoms with Crippen molar-refractivity contribution in [1.82, 2.24) is 5.32 Å². The van der Waals surface area contributed by atoms with E-state index < -0.39 is 0 Å². The van der Waals surface area contributed by atoms with E-state index in [0.29, 0.717) is 12.4 Å². The van der Waals surface area contributed by atoms with Gasteiger partial charge in [0.15, 0.2) is 0 Å². The molecule has 22 heavy (non-hydrogen) atoms. The number of hydrogen-bond donors (Lipinski definition) is 1. The van der Waals surface area contributed by atoms with Gasteiger partial charge in [0.25, 0.3) is 0 Å². The number of nitrogens with one attached hydrogen (secondary N) is 1. The molecule has 1 aliphatic heterocycles. The maximum atomic E-state index is 13.1. The van der Waals surface area contributed by atoms with Gasteiger partial charge in [-0.15, -0.1) is 0 Å². The zero-order valence-corrected chi connectivity index (χ0v) is 12.7. The van der Waals surface area contributed by atoms with Crippen molar-refractivity contribution >= 4 is 5.84 Å². The Morgan fingerprint density at radius 1 is 1.14 bits per heavy atom. The second-order valence-electron chi connectivity index (χ2n) is 5.98. The normalized spacial score (nSPS) is 19.4. The number of amidine groups is 1. The van der Waals surface area contributed by atoms with Gasteiger partial charge < -0.3 is 10.1 Å². The Bertz CT molecular complexity index is 682. The summed E-state index contributed by atoms with van der Waals surface area (Å²) >= 11 is 0. The van der Waals surface area contributed by atoms with Crippen LogP contribution in [0.4, 0.5) is 4.39 Å². The van der Waals surface area contributed by atoms with Gasteiger partial charge in [0, 0.05) is 6.07 Å². The first kappa shape index (κ1) is 14.6. The van der Waals surface area contributed by atoms with Crippen LogP contribution in [0.3, 0.4) is 0 Å². The molecule has 0 saturated carbocycles. The van der Waals surface area contributed by atoms with E-state index in [1.165, 1.54) is 17.7 Å². The monoisotopic (exact) mass is 298 g/mol. The second kappa shape index (κ2) is 5.79. The molecule has 4 heteroatoms. The van der Waals surface area contributed by atoms with Crippen molar-refractivity contribution in [2.45, 2.75) is 25.4 Å². The third kappa shape index (κ3) is 3.11. The van der Waals surface area contributed by atoms with Crippen LogP contribution in [-0.2, 0) is 0 Å². The Hall–Kier alpha value is -2.36. The molecule has 114 valence electrons. The lowest BCUT2D eigenvalue weighted by Gasteiger charge is -2.26. The van der Waals surface area contributed by atoms with E-state index in [-0.39, 0.29) is 17.4 Å². The van der Waals surface area contributed by atoms with E-state index >= 15 is 0 Å². The van der Waals surface area contributed by atoms with E-state index in [9.17, 15) is 4.39 Å². The lowest BCUT2D eigenvalue weighted by Crippen LogP contribution is -2.42. The van der Waals surface area contributed by atoms with Crippen molar-refractivity contribution in [3.8, 4) is 5.75 Å². The first-order chi connectivity index (χ1) is 10.5. The molecule has 3 rings (SSSR count). The molecule has 2 aromatic carbocycles. The predicted octanol–water partition coefficient (Wildman–Crippen LogP) is 3.73. The maximum Gasteiger partial charge on any atom is 0.145 e. The number of halogens is 1. The number of aliphatic imine (C=N–C) groups is 1. The highest BCUT2D eigenvalue weighted by molar-refractivity contribution is 5.86. The van der Waals surface area contributed by atoms with Crippen LogP contribution in [0.5, 0.6) is 5.75 Å². The minimum absolute atomic E-state index is 0.0415. The van der Waals surface area contributed by atoms with Crippen molar-refractivity contribution in [3.05, 3.63) is 66.0 Å². The summed E-state index contributed by atoms with van der Waals surface area (Å²) in [5, 5.41) is 3.39. The first-order valence-corrected chi connectivity index (χ1v) is 7.33. The van der Waals surface area contributed by atoms with Crippen LogP contribution in [0.2, 0.25) is 0 Å². The number of benzene rings is 2. The summed E-state index contributed by atoms with van der Waals surface area (Å²) in [6.07, 6.45) is 0. The summed E-state index contributed by atoms with van der Waals surface area (Å²) in [5.74, 6) is 0.981. The Labute approximate surface area is 129 Å². The minimum Gasteiger partial charge on any atom is -0.486 e. The van der Waals surface area contributed by atoms with E-state index in [1.54, 1.807) is 12.1 Å². The molecule has 1 heterocycles. The highest BCUT2D eigenvalue weighted by Gasteiger charge is 2.36. The van der Waals surface area contributed by atoms with Gasteiger partial charge >= 0.3 is 0 Å². The number of rotatable bonds is 4. The van der Waals surface area contributed by atoms with E-state index in [0.717, 1.165) is 5.84 Å². The van der Waals surface area contributed by atoms with Crippen molar-refractivity contribution in [2.75, 3.05) is 6.61 Å². The molecule has 1 N–H and O–H groups in total. The highest BCUT2D eigenvalue weighted by atomic mass is 19.1. The molecule has 0 saturated heterocycles. The number of ether oxygens (including phenoxy) is 1. The first-order valence-electron chi connectivity index (χ1n) is 7.33. The smallest absolute Gasteiger partial charge is 0.145 e. The van der Waals surface area contributed by atoms with Gasteiger partial charge in [0.1, 0.15) is 24.0 Å². The van der Waals surface area contributed by atoms with Gasteiger partial charge in [-0.3, -0.25) is 4.99 Å². The highest BCUT2D eigenvalue weighted by Crippen LogP contribution is 2.33. The van der Waals surface area contributed by atoms with Gasteiger partial charge in [-0.2, -0.15) is 0 Å². The zero-order valence-electron chi connectivity index (χ0n) is 12.7. The van der Waals surface area contributed by atoms with E-state index in [2.05, 4.69) is 31.3 Å². The molecule has 1 aliphatic rings. The van der Waals surface area contributed by atoms with Crippen LogP contribution < -0.4 is 10.1 Å². The zero-order chi connectivity index (χ0) is 15.6. The summed E-state index contributed by atoms with van der Waals surface area (Å²) in [4.78, 5) is 4.74. The van der Waals surface area contributed by atoms with E-state index in [1.807, 2.05) is 18.2 Å². The Balaban J connectivity index is 1.72. The topological polar surface area (TPSA) is 33.6 Å². The van der Waals surface area contributed by atoms with Gasteiger partial charge in [-0.1, -0.05) is 36.4 Å². The molecule has 0 fully saturated rings. The van der Waals surface area contributed by atoms with Gasteiger partial charge in [0.2, 0.25) is 0 Å². The SMILES string of the molecule is CC1(C)NC(COc2cccc(F)c2)=N[C@@H]1c1ccccc1. The summed E-state index contributed by atoms with van der Waals surface area (Å²) in [6.45, 7) is 4.53. The molecule has 0 unspecified atom stereocenters. The Morgan fingerprint density at radius 2 is 1.91 bits per heavy atom. The van der Waals surface area contributed by atoms with Crippen molar-refractivity contribution in [1.29, 1.82) is 0 Å². The molecule has 1 atom stereocenters. The molecule has 0 amide bonds. The molecular weight excluding hydrogens is 279 g/mol. The largest absolute Gasteiger partial charge is 0.486 e. The summed E-state index contributed by atoms with van der Waals surface area (Å²) in [5.41, 5.74) is 0.989. The molecule has 0 bridgehead atoms. The fraction of sp³-hybridized carbons (Fsp3) is 0.278. The van der Waals surface area contributed by atoms with Crippen LogP contribution in [0.1, 0.15) is 25.5 Å². The molecule has 0 spiro atoms. The van der Waals surface area contributed by atoms with Crippen LogP contribution in [0.25, 0.3) is 0 Å². The molecule has 0 radical (unpaired) electrons. The predicted molar refractivity (Wildman–Crippen MR) is 85.7 cm³/mol. The van der Waals surface area contributed by atoms with Crippen LogP contribution >= 0.6 is 0 Å². The standard InChI is InChI=1S/C18H19FN2O/c1-18(2)17(13-7-4-3-5-8-13)20-16(21-18)12-22-15-10-6-9-14(19)11-15/h3-11,17H,12H2,1-2H3,(H,20,21)/t17-/m1/s1. The average Bonchev–Trinajstić information content (AvgIpc) is 2.81. The van der Waals surface area contributed by atoms with Crippen molar-refractivity contribution < 1.29 is 9.13 Å². The average molecular weight is 298 g/mol. The fourth-order valence-corrected chi connectivity index (χ4v) is 2.70. The second-order valence-corrected chi connectivity index (χ2v) is 5.98. The van der Waals surface area contributed by atoms with Crippen molar-refractivity contribution in [2.24, 2.45) is 4.99 Å². The lowest BCUT2D eigenvalue weighted by atomic mass is 9.90. The third-order valence-electron chi connectivity index (χ3n) is 3.72. The Morgan fingerprint density at radius 3 is 2.64 bits per heavy atom. The number of hydrogen-bond acceptors (Lipinski definition) is 3. The van der Waals surface area contributed by atoms with Gasteiger partial charge in [0.05, 0.1) is 11.6 Å². The minimum atomic E-state index is -0.304. The third-order valence-corrected chi connectivity index (χ3v) is 3.72. The fourth-order valence-electron chi connectivity index (χ4n) is 2.70. The summed E-state index contributed by atoms with van der Waals surface area (Å²) in [6, 6.07) is 16.4. The van der Waals surface area contributed by atoms with Crippen molar-refractivity contribution in [3.63, 3.8) is 0 Å². The van der Waals surface area contributed by atoms with Crippen LogP contribution in [-0.4, -0.2) is 18.0 Å². The van der Waals surface area contributed by atoms with Gasteiger partial charge in [-0.05, 0) is 31.5 Å². The van der Waals surface area contributed by atoms with Gasteiger partial charge in [-0.25, -0.2) is 4.39 Å². The summed E-state index contributed by atoms with van der Waals surface area (Å²) < 4.78 is 18.8. The Kier molecular flexibility index (Phi) is 3.84. The molecule has 0 aromatic heterocycles. The molecular formula is C18H19FN2O. The molecule has 3 nitrogen and oxygen atoms in total. The van der Waals surface area contributed by atoms with Crippen LogP contribution in [0, 0.1) is 5.82 Å². The molecule has 0 aliphatic carbocycles. The lowest BCUT2D eigenvalue weighted by molar-refractivity contribution is 0.363.